The van der Waals surface area contributed by atoms with Crippen LogP contribution < -0.4 is 169 Å². The molecule has 0 unspecified atom stereocenters. The van der Waals surface area contributed by atoms with Crippen LogP contribution in [0.2, 0.25) is 0 Å². The summed E-state index contributed by atoms with van der Waals surface area (Å²) in [5.41, 5.74) is 2.55. The van der Waals surface area contributed by atoms with Crippen molar-refractivity contribution >= 4 is 8.60 Å². The summed E-state index contributed by atoms with van der Waals surface area (Å²) < 4.78 is 0. The maximum atomic E-state index is 8.48. The molecule has 0 aliphatic rings. The Morgan fingerprint density at radius 2 is 0.833 bits per heavy atom. The zero-order chi connectivity index (χ0) is 15.3. The molecule has 1 aromatic heterocycles. The third kappa shape index (κ3) is 18.3. The van der Waals surface area contributed by atoms with E-state index in [0.717, 1.165) is 0 Å². The van der Waals surface area contributed by atoms with E-state index in [1.54, 1.807) is 0 Å². The van der Waals surface area contributed by atoms with Gasteiger partial charge in [0, 0.05) is 12.4 Å². The van der Waals surface area contributed by atoms with Gasteiger partial charge in [-0.15, -0.1) is 0 Å². The molecule has 0 atom stereocenters. The second kappa shape index (κ2) is 22.2. The molecule has 24 heavy (non-hydrogen) atoms. The third-order valence-electron chi connectivity index (χ3n) is 2.38. The number of rotatable bonds is 1. The Labute approximate surface area is 272 Å². The molecular weight excluding hydrogens is 402 g/mol. The Morgan fingerprint density at radius 1 is 0.542 bits per heavy atom. The molecule has 0 bridgehead atoms. The molecule has 8 heteroatoms. The molecule has 0 saturated heterocycles. The molecule has 0 fully saturated rings. The first-order valence-corrected chi connectivity index (χ1v) is 7.29. The van der Waals surface area contributed by atoms with Crippen LogP contribution in [-0.2, 0) is 0 Å². The predicted molar refractivity (Wildman–Crippen MR) is 79.6 cm³/mol. The Balaban J connectivity index is -0.000000314. The van der Waals surface area contributed by atoms with Crippen molar-refractivity contribution in [2.24, 2.45) is 0 Å². The average molecular weight is 418 g/mol. The fourth-order valence-corrected chi connectivity index (χ4v) is 1.54. The van der Waals surface area contributed by atoms with Gasteiger partial charge in [0.15, 0.2) is 0 Å². The fraction of sp³-hybridized carbons (Fsp3) is 0. The van der Waals surface area contributed by atoms with Crippen LogP contribution in [-0.4, -0.2) is 4.98 Å². The van der Waals surface area contributed by atoms with E-state index in [2.05, 4.69) is 53.5 Å². The summed E-state index contributed by atoms with van der Waals surface area (Å²) in [5.74, 6) is 0. The van der Waals surface area contributed by atoms with Crippen LogP contribution in [0.25, 0.3) is 11.1 Å². The third-order valence-corrected chi connectivity index (χ3v) is 2.38. The maximum Gasteiger partial charge on any atom is 1.00 e. The Kier molecular flexibility index (Phi) is 29.3. The van der Waals surface area contributed by atoms with Crippen molar-refractivity contribution in [3.05, 3.63) is 85.2 Å². The first-order chi connectivity index (χ1) is 10.2. The molecule has 0 amide bonds. The zero-order valence-corrected chi connectivity index (χ0v) is 24.5. The SMILES string of the molecule is [K+].[K+].[K+].[O-]P([O-])[O-].c1cc[nH]c1.c1ccc(-c2ccccc2)cc1. The van der Waals surface area contributed by atoms with E-state index >= 15 is 0 Å². The van der Waals surface area contributed by atoms with Gasteiger partial charge in [-0.3, -0.25) is 0 Å². The summed E-state index contributed by atoms with van der Waals surface area (Å²) >= 11 is 0. The number of aromatic nitrogens is 1. The van der Waals surface area contributed by atoms with Crippen LogP contribution in [0.3, 0.4) is 0 Å². The van der Waals surface area contributed by atoms with Crippen molar-refractivity contribution in [3.63, 3.8) is 0 Å². The zero-order valence-electron chi connectivity index (χ0n) is 14.3. The van der Waals surface area contributed by atoms with Crippen LogP contribution in [0.15, 0.2) is 85.2 Å². The molecule has 1 N–H and O–H groups in total. The fourth-order valence-electron chi connectivity index (χ4n) is 1.54. The number of nitrogens with one attached hydrogen (secondary N) is 1. The van der Waals surface area contributed by atoms with E-state index in [0.29, 0.717) is 0 Å². The molecule has 3 aromatic rings. The van der Waals surface area contributed by atoms with Gasteiger partial charge in [0.05, 0.1) is 0 Å². The van der Waals surface area contributed by atoms with Crippen LogP contribution in [0.1, 0.15) is 0 Å². The van der Waals surface area contributed by atoms with Crippen LogP contribution in [0.4, 0.5) is 0 Å². The summed E-state index contributed by atoms with van der Waals surface area (Å²) in [5, 5.41) is 0. The van der Waals surface area contributed by atoms with Gasteiger partial charge in [0.2, 0.25) is 0 Å². The van der Waals surface area contributed by atoms with Crippen molar-refractivity contribution < 1.29 is 169 Å². The van der Waals surface area contributed by atoms with Gasteiger partial charge in [0.1, 0.15) is 0 Å². The Morgan fingerprint density at radius 3 is 1.04 bits per heavy atom. The number of hydrogen-bond donors (Lipinski definition) is 1. The van der Waals surface area contributed by atoms with E-state index in [4.69, 9.17) is 14.7 Å². The van der Waals surface area contributed by atoms with Gasteiger partial charge >= 0.3 is 154 Å². The van der Waals surface area contributed by atoms with E-state index in [-0.39, 0.29) is 154 Å². The van der Waals surface area contributed by atoms with Gasteiger partial charge < -0.3 is 28.3 Å². The molecule has 4 nitrogen and oxygen atoms in total. The summed E-state index contributed by atoms with van der Waals surface area (Å²) in [7, 11) is -3.37. The Bertz CT molecular complexity index is 512. The van der Waals surface area contributed by atoms with Gasteiger partial charge in [-0.05, 0) is 23.3 Å². The van der Waals surface area contributed by atoms with Crippen molar-refractivity contribution in [2.75, 3.05) is 0 Å². The van der Waals surface area contributed by atoms with Crippen LogP contribution in [0, 0.1) is 0 Å². The van der Waals surface area contributed by atoms with Crippen molar-refractivity contribution in [1.29, 1.82) is 0 Å². The first kappa shape index (κ1) is 31.6. The van der Waals surface area contributed by atoms with Crippen molar-refractivity contribution in [2.45, 2.75) is 0 Å². The molecule has 2 aromatic carbocycles. The van der Waals surface area contributed by atoms with Crippen LogP contribution >= 0.6 is 8.60 Å². The van der Waals surface area contributed by atoms with E-state index in [1.165, 1.54) is 11.1 Å². The van der Waals surface area contributed by atoms with Gasteiger partial charge in [-0.25, -0.2) is 0 Å². The number of aromatic amines is 1. The average Bonchev–Trinajstić information content (AvgIpc) is 3.08. The quantitative estimate of drug-likeness (QED) is 0.315. The number of benzene rings is 2. The van der Waals surface area contributed by atoms with Crippen LogP contribution in [0.5, 0.6) is 0 Å². The maximum absolute atomic E-state index is 8.48. The molecule has 3 rings (SSSR count). The minimum absolute atomic E-state index is 0. The van der Waals surface area contributed by atoms with E-state index in [9.17, 15) is 0 Å². The number of H-pyrrole nitrogens is 1. The minimum Gasteiger partial charge on any atom is -0.854 e. The predicted octanol–water partition coefficient (Wildman–Crippen LogP) is -7.33. The molecule has 0 spiro atoms. The molecule has 0 aliphatic heterocycles. The summed E-state index contributed by atoms with van der Waals surface area (Å²) in [6, 6.07) is 24.7. The first-order valence-electron chi connectivity index (χ1n) is 6.20. The summed E-state index contributed by atoms with van der Waals surface area (Å²) in [6.45, 7) is 0. The molecule has 0 radical (unpaired) electrons. The monoisotopic (exact) mass is 417 g/mol. The second-order valence-corrected chi connectivity index (χ2v) is 4.29. The molecule has 110 valence electrons. The smallest absolute Gasteiger partial charge is 0.854 e. The number of hydrogen-bond acceptors (Lipinski definition) is 3. The standard InChI is InChI=1S/C12H10.C4H5N.3K.O3P/c1-3-7-11(8-4-1)12-9-5-2-6-10-12;1-2-4-5-3-1;;;;1-4(2)3/h1-10H;1-5H;;;;/q;;3*+1;-3. The summed E-state index contributed by atoms with van der Waals surface area (Å²) in [4.78, 5) is 28.3. The van der Waals surface area contributed by atoms with Crippen molar-refractivity contribution in [1.82, 2.24) is 4.98 Å². The minimum atomic E-state index is -3.37. The normalized spacial score (nSPS) is 8.00. The Hall–Kier alpha value is 2.94. The molecular formula is C16H15K3NO3P. The van der Waals surface area contributed by atoms with E-state index < -0.39 is 8.60 Å². The largest absolute Gasteiger partial charge is 1.00 e. The van der Waals surface area contributed by atoms with Crippen molar-refractivity contribution in [3.8, 4) is 11.1 Å². The van der Waals surface area contributed by atoms with E-state index in [1.807, 2.05) is 36.7 Å². The molecule has 0 aliphatic carbocycles. The van der Waals surface area contributed by atoms with Gasteiger partial charge in [0.25, 0.3) is 0 Å². The topological polar surface area (TPSA) is 85.0 Å². The second-order valence-electron chi connectivity index (χ2n) is 3.84. The molecule has 0 saturated carbocycles. The summed E-state index contributed by atoms with van der Waals surface area (Å²) in [6.07, 6.45) is 3.75. The van der Waals surface area contributed by atoms with Gasteiger partial charge in [-0.2, -0.15) is 0 Å². The molecule has 1 heterocycles. The van der Waals surface area contributed by atoms with Gasteiger partial charge in [-0.1, -0.05) is 60.7 Å².